The number of nitrogens with zero attached hydrogens (tertiary/aromatic N) is 3. The summed E-state index contributed by atoms with van der Waals surface area (Å²) in [4.78, 5) is 10.2. The number of aryl methyl sites for hydroxylation is 1. The van der Waals surface area contributed by atoms with Crippen LogP contribution in [0.2, 0.25) is 0 Å². The Kier molecular flexibility index (Phi) is 2.55. The van der Waals surface area contributed by atoms with Crippen LogP contribution >= 0.6 is 11.3 Å². The van der Waals surface area contributed by atoms with E-state index >= 15 is 0 Å². The van der Waals surface area contributed by atoms with Gasteiger partial charge in [0.15, 0.2) is 5.82 Å². The highest BCUT2D eigenvalue weighted by Gasteiger charge is 2.31. The number of aromatic nitrogens is 2. The average molecular weight is 273 g/mol. The third-order valence-corrected chi connectivity index (χ3v) is 5.12. The van der Waals surface area contributed by atoms with E-state index in [0.29, 0.717) is 11.8 Å². The van der Waals surface area contributed by atoms with E-state index < -0.39 is 0 Å². The van der Waals surface area contributed by atoms with Crippen molar-refractivity contribution in [1.82, 2.24) is 10.1 Å². The maximum absolute atomic E-state index is 5.48. The smallest absolute Gasteiger partial charge is 0.261 e. The second kappa shape index (κ2) is 4.27. The van der Waals surface area contributed by atoms with Crippen molar-refractivity contribution in [1.29, 1.82) is 0 Å². The Bertz CT molecular complexity index is 639. The van der Waals surface area contributed by atoms with Crippen molar-refractivity contribution >= 4 is 23.1 Å². The molecule has 0 unspecified atom stereocenters. The van der Waals surface area contributed by atoms with Gasteiger partial charge in [-0.05, 0) is 50.8 Å². The van der Waals surface area contributed by atoms with Crippen LogP contribution in [-0.4, -0.2) is 16.9 Å². The molecule has 2 aliphatic rings. The zero-order valence-electron chi connectivity index (χ0n) is 10.7. The minimum Gasteiger partial charge on any atom is -0.334 e. The maximum atomic E-state index is 5.48. The number of aliphatic imine (C=N–C) groups is 1. The molecule has 2 aliphatic carbocycles. The van der Waals surface area contributed by atoms with Gasteiger partial charge in [-0.2, -0.15) is 4.98 Å². The molecule has 5 heteroatoms. The Morgan fingerprint density at radius 2 is 2.11 bits per heavy atom. The molecule has 0 saturated heterocycles. The molecule has 1 fully saturated rings. The fourth-order valence-corrected chi connectivity index (χ4v) is 3.91. The van der Waals surface area contributed by atoms with Crippen molar-refractivity contribution < 1.29 is 4.52 Å². The Balaban J connectivity index is 1.83. The minimum absolute atomic E-state index is 0.520. The average Bonchev–Trinajstić information content (AvgIpc) is 3.06. The second-order valence-electron chi connectivity index (χ2n) is 5.28. The summed E-state index contributed by atoms with van der Waals surface area (Å²) in [5, 5.41) is 5.06. The van der Waals surface area contributed by atoms with Crippen LogP contribution in [0.1, 0.15) is 47.9 Å². The standard InChI is InChI=1S/C14H15N3OS/c1-15-14-11(9-4-2-3-5-10(9)19-14)13-16-12(17-18-13)8-6-7-8/h8H,1-7H2. The number of rotatable bonds is 3. The van der Waals surface area contributed by atoms with Crippen LogP contribution in [-0.2, 0) is 12.8 Å². The van der Waals surface area contributed by atoms with E-state index in [1.807, 2.05) is 0 Å². The summed E-state index contributed by atoms with van der Waals surface area (Å²) in [7, 11) is 0. The Morgan fingerprint density at radius 1 is 1.26 bits per heavy atom. The van der Waals surface area contributed by atoms with E-state index in [0.717, 1.165) is 29.2 Å². The topological polar surface area (TPSA) is 51.3 Å². The number of hydrogen-bond donors (Lipinski definition) is 0. The van der Waals surface area contributed by atoms with Crippen molar-refractivity contribution in [2.24, 2.45) is 4.99 Å². The van der Waals surface area contributed by atoms with Gasteiger partial charge in [0.1, 0.15) is 5.00 Å². The molecule has 19 heavy (non-hydrogen) atoms. The fraction of sp³-hybridized carbons (Fsp3) is 0.500. The largest absolute Gasteiger partial charge is 0.334 e. The lowest BCUT2D eigenvalue weighted by Gasteiger charge is -2.10. The first-order chi connectivity index (χ1) is 9.36. The zero-order chi connectivity index (χ0) is 12.8. The lowest BCUT2D eigenvalue weighted by Crippen LogP contribution is -1.99. The summed E-state index contributed by atoms with van der Waals surface area (Å²) in [6.07, 6.45) is 7.11. The van der Waals surface area contributed by atoms with Crippen LogP contribution in [0, 0.1) is 0 Å². The third-order valence-electron chi connectivity index (χ3n) is 3.89. The molecule has 0 atom stereocenters. The summed E-state index contributed by atoms with van der Waals surface area (Å²) < 4.78 is 5.48. The van der Waals surface area contributed by atoms with Crippen LogP contribution < -0.4 is 0 Å². The Hall–Kier alpha value is -1.49. The highest BCUT2D eigenvalue weighted by Crippen LogP contribution is 2.46. The molecular weight excluding hydrogens is 258 g/mol. The highest BCUT2D eigenvalue weighted by atomic mass is 32.1. The zero-order valence-corrected chi connectivity index (χ0v) is 11.5. The van der Waals surface area contributed by atoms with E-state index in [-0.39, 0.29) is 0 Å². The monoisotopic (exact) mass is 273 g/mol. The molecule has 0 aromatic carbocycles. The second-order valence-corrected chi connectivity index (χ2v) is 6.36. The molecule has 4 rings (SSSR count). The highest BCUT2D eigenvalue weighted by molar-refractivity contribution is 7.16. The van der Waals surface area contributed by atoms with Crippen LogP contribution in [0.5, 0.6) is 0 Å². The first-order valence-corrected chi connectivity index (χ1v) is 7.63. The molecule has 0 bridgehead atoms. The molecule has 0 radical (unpaired) electrons. The molecule has 4 nitrogen and oxygen atoms in total. The van der Waals surface area contributed by atoms with E-state index in [4.69, 9.17) is 4.52 Å². The van der Waals surface area contributed by atoms with Gasteiger partial charge in [-0.1, -0.05) is 5.16 Å². The van der Waals surface area contributed by atoms with Gasteiger partial charge in [0, 0.05) is 10.8 Å². The van der Waals surface area contributed by atoms with E-state index in [2.05, 4.69) is 21.9 Å². The number of thiophene rings is 1. The first kappa shape index (κ1) is 11.3. The van der Waals surface area contributed by atoms with Gasteiger partial charge in [-0.3, -0.25) is 4.99 Å². The van der Waals surface area contributed by atoms with Crippen molar-refractivity contribution in [3.05, 3.63) is 16.3 Å². The molecular formula is C14H15N3OS. The molecule has 0 N–H and O–H groups in total. The van der Waals surface area contributed by atoms with Crippen LogP contribution in [0.4, 0.5) is 5.00 Å². The molecule has 0 amide bonds. The van der Waals surface area contributed by atoms with Gasteiger partial charge in [-0.15, -0.1) is 11.3 Å². The predicted molar refractivity (Wildman–Crippen MR) is 75.4 cm³/mol. The van der Waals surface area contributed by atoms with Gasteiger partial charge >= 0.3 is 0 Å². The van der Waals surface area contributed by atoms with Gasteiger partial charge in [0.2, 0.25) is 0 Å². The van der Waals surface area contributed by atoms with Crippen molar-refractivity contribution in [2.45, 2.75) is 44.4 Å². The predicted octanol–water partition coefficient (Wildman–Crippen LogP) is 3.89. The molecule has 0 aliphatic heterocycles. The van der Waals surface area contributed by atoms with Crippen LogP contribution in [0.25, 0.3) is 11.5 Å². The van der Waals surface area contributed by atoms with E-state index in [1.165, 1.54) is 36.1 Å². The summed E-state index contributed by atoms with van der Waals surface area (Å²) in [5.74, 6) is 2.02. The van der Waals surface area contributed by atoms with E-state index in [9.17, 15) is 0 Å². The number of hydrogen-bond acceptors (Lipinski definition) is 5. The molecule has 0 spiro atoms. The van der Waals surface area contributed by atoms with Crippen molar-refractivity contribution in [3.8, 4) is 11.5 Å². The van der Waals surface area contributed by atoms with Gasteiger partial charge in [0.05, 0.1) is 5.56 Å². The Labute approximate surface area is 115 Å². The van der Waals surface area contributed by atoms with Crippen molar-refractivity contribution in [3.63, 3.8) is 0 Å². The van der Waals surface area contributed by atoms with Crippen LogP contribution in [0.3, 0.4) is 0 Å². The minimum atomic E-state index is 0.520. The summed E-state index contributed by atoms with van der Waals surface area (Å²) >= 11 is 1.73. The summed E-state index contributed by atoms with van der Waals surface area (Å²) in [6, 6.07) is 0. The first-order valence-electron chi connectivity index (χ1n) is 6.82. The van der Waals surface area contributed by atoms with Gasteiger partial charge in [0.25, 0.3) is 5.89 Å². The van der Waals surface area contributed by atoms with Gasteiger partial charge in [-0.25, -0.2) is 0 Å². The summed E-state index contributed by atoms with van der Waals surface area (Å²) in [5.41, 5.74) is 2.42. The van der Waals surface area contributed by atoms with Crippen molar-refractivity contribution in [2.75, 3.05) is 0 Å². The quantitative estimate of drug-likeness (QED) is 0.797. The normalized spacial score (nSPS) is 18.3. The molecule has 1 saturated carbocycles. The maximum Gasteiger partial charge on any atom is 0.261 e. The lowest BCUT2D eigenvalue weighted by molar-refractivity contribution is 0.422. The number of fused-ring (bicyclic) bond motifs is 1. The fourth-order valence-electron chi connectivity index (χ4n) is 2.73. The lowest BCUT2D eigenvalue weighted by atomic mass is 9.95. The van der Waals surface area contributed by atoms with E-state index in [1.54, 1.807) is 11.3 Å². The SMILES string of the molecule is C=Nc1sc2c(c1-c1nc(C3CC3)no1)CCCC2. The molecule has 2 heterocycles. The van der Waals surface area contributed by atoms with Crippen LogP contribution in [0.15, 0.2) is 9.52 Å². The summed E-state index contributed by atoms with van der Waals surface area (Å²) in [6.45, 7) is 3.69. The van der Waals surface area contributed by atoms with Gasteiger partial charge < -0.3 is 4.52 Å². The molecule has 2 aromatic rings. The molecule has 2 aromatic heterocycles. The third kappa shape index (κ3) is 1.84. The molecule has 98 valence electrons. The Morgan fingerprint density at radius 3 is 2.89 bits per heavy atom.